The summed E-state index contributed by atoms with van der Waals surface area (Å²) in [5.41, 5.74) is 0. The fourth-order valence-corrected chi connectivity index (χ4v) is 3.89. The Bertz CT molecular complexity index is 316. The van der Waals surface area contributed by atoms with Crippen LogP contribution >= 0.6 is 0 Å². The summed E-state index contributed by atoms with van der Waals surface area (Å²) in [6, 6.07) is 0.599. The molecule has 1 saturated carbocycles. The largest absolute Gasteiger partial charge is 0.469 e. The van der Waals surface area contributed by atoms with E-state index in [0.29, 0.717) is 18.4 Å². The van der Waals surface area contributed by atoms with E-state index in [2.05, 4.69) is 17.1 Å². The van der Waals surface area contributed by atoms with Crippen molar-refractivity contribution in [3.8, 4) is 0 Å². The molecule has 122 valence electrons. The van der Waals surface area contributed by atoms with Gasteiger partial charge in [-0.1, -0.05) is 19.8 Å². The fourth-order valence-electron chi connectivity index (χ4n) is 3.89. The smallest absolute Gasteiger partial charge is 0.305 e. The van der Waals surface area contributed by atoms with Gasteiger partial charge < -0.3 is 15.0 Å². The first-order valence-corrected chi connectivity index (χ1v) is 8.73. The molecule has 1 aliphatic heterocycles. The number of methoxy groups -OCH3 is 1. The van der Waals surface area contributed by atoms with Crippen molar-refractivity contribution in [1.82, 2.24) is 10.2 Å². The van der Waals surface area contributed by atoms with E-state index in [4.69, 9.17) is 4.74 Å². The van der Waals surface area contributed by atoms with Crippen LogP contribution in [0.2, 0.25) is 0 Å². The lowest BCUT2D eigenvalue weighted by atomic mass is 9.90. The van der Waals surface area contributed by atoms with Crippen LogP contribution in [0, 0.1) is 11.8 Å². The maximum absolute atomic E-state index is 11.3. The number of likely N-dealkylation sites (tertiary alicyclic amines) is 1. The van der Waals surface area contributed by atoms with Gasteiger partial charge in [-0.25, -0.2) is 0 Å². The molecule has 2 atom stereocenters. The standard InChI is InChI=1S/C17H32N2O2/c1-3-19-12-15(8-9-17(20)21-2)10-16(13-19)18-11-14-6-4-5-7-14/h14-16,18H,3-13H2,1-2H3. The lowest BCUT2D eigenvalue weighted by Crippen LogP contribution is -2.50. The number of hydrogen-bond donors (Lipinski definition) is 1. The Labute approximate surface area is 129 Å². The topological polar surface area (TPSA) is 41.6 Å². The van der Waals surface area contributed by atoms with E-state index in [1.54, 1.807) is 0 Å². The number of esters is 1. The van der Waals surface area contributed by atoms with Crippen LogP contribution in [0.1, 0.15) is 51.9 Å². The highest BCUT2D eigenvalue weighted by molar-refractivity contribution is 5.69. The van der Waals surface area contributed by atoms with E-state index in [-0.39, 0.29) is 5.97 Å². The first kappa shape index (κ1) is 16.8. The van der Waals surface area contributed by atoms with Gasteiger partial charge in [0.25, 0.3) is 0 Å². The van der Waals surface area contributed by atoms with Gasteiger partial charge in [-0.05, 0) is 50.6 Å². The first-order chi connectivity index (χ1) is 10.2. The number of nitrogens with zero attached hydrogens (tertiary/aromatic N) is 1. The van der Waals surface area contributed by atoms with Crippen LogP contribution < -0.4 is 5.32 Å². The number of ether oxygens (including phenoxy) is 1. The molecular weight excluding hydrogens is 264 g/mol. The minimum absolute atomic E-state index is 0.0703. The van der Waals surface area contributed by atoms with Crippen molar-refractivity contribution >= 4 is 5.97 Å². The molecule has 1 heterocycles. The van der Waals surface area contributed by atoms with E-state index in [1.807, 2.05) is 0 Å². The van der Waals surface area contributed by atoms with Crippen molar-refractivity contribution in [3.05, 3.63) is 0 Å². The highest BCUT2D eigenvalue weighted by Gasteiger charge is 2.27. The normalized spacial score (nSPS) is 27.9. The molecule has 0 aromatic heterocycles. The van der Waals surface area contributed by atoms with Gasteiger partial charge >= 0.3 is 5.97 Å². The number of nitrogens with one attached hydrogen (secondary N) is 1. The number of carbonyl (C=O) groups is 1. The lowest BCUT2D eigenvalue weighted by Gasteiger charge is -2.38. The molecule has 0 aromatic rings. The van der Waals surface area contributed by atoms with Crippen LogP contribution in [-0.2, 0) is 9.53 Å². The zero-order valence-electron chi connectivity index (χ0n) is 13.8. The molecule has 1 aliphatic carbocycles. The summed E-state index contributed by atoms with van der Waals surface area (Å²) in [6.07, 6.45) is 8.38. The van der Waals surface area contributed by atoms with Crippen LogP contribution in [0.25, 0.3) is 0 Å². The third-order valence-corrected chi connectivity index (χ3v) is 5.21. The fraction of sp³-hybridized carbons (Fsp3) is 0.941. The zero-order valence-corrected chi connectivity index (χ0v) is 13.8. The third-order valence-electron chi connectivity index (χ3n) is 5.21. The van der Waals surface area contributed by atoms with E-state index in [9.17, 15) is 4.79 Å². The number of rotatable bonds is 7. The summed E-state index contributed by atoms with van der Waals surface area (Å²) >= 11 is 0. The summed E-state index contributed by atoms with van der Waals surface area (Å²) in [4.78, 5) is 13.9. The molecule has 0 amide bonds. The van der Waals surface area contributed by atoms with Gasteiger partial charge in [-0.15, -0.1) is 0 Å². The Hall–Kier alpha value is -0.610. The van der Waals surface area contributed by atoms with Crippen molar-refractivity contribution in [2.75, 3.05) is 33.3 Å². The predicted octanol–water partition coefficient (Wildman–Crippen LogP) is 2.43. The number of carbonyl (C=O) groups excluding carboxylic acids is 1. The Morgan fingerprint density at radius 3 is 2.67 bits per heavy atom. The summed E-state index contributed by atoms with van der Waals surface area (Å²) in [5.74, 6) is 1.45. The highest BCUT2D eigenvalue weighted by Crippen LogP contribution is 2.25. The van der Waals surface area contributed by atoms with Crippen molar-refractivity contribution in [3.63, 3.8) is 0 Å². The lowest BCUT2D eigenvalue weighted by molar-refractivity contribution is -0.141. The average molecular weight is 296 g/mol. The molecule has 0 radical (unpaired) electrons. The second kappa shape index (κ2) is 8.74. The molecule has 0 spiro atoms. The number of hydrogen-bond acceptors (Lipinski definition) is 4. The van der Waals surface area contributed by atoms with Gasteiger partial charge in [0.05, 0.1) is 7.11 Å². The van der Waals surface area contributed by atoms with E-state index >= 15 is 0 Å². The molecule has 4 nitrogen and oxygen atoms in total. The summed E-state index contributed by atoms with van der Waals surface area (Å²) in [5, 5.41) is 3.80. The second-order valence-corrected chi connectivity index (χ2v) is 6.82. The van der Waals surface area contributed by atoms with Gasteiger partial charge in [0.2, 0.25) is 0 Å². The molecule has 2 fully saturated rings. The van der Waals surface area contributed by atoms with Crippen molar-refractivity contribution < 1.29 is 9.53 Å². The van der Waals surface area contributed by atoms with Gasteiger partial charge in [0, 0.05) is 25.6 Å². The molecule has 4 heteroatoms. The molecular formula is C17H32N2O2. The van der Waals surface area contributed by atoms with Crippen LogP contribution in [0.3, 0.4) is 0 Å². The molecule has 2 aliphatic rings. The monoisotopic (exact) mass is 296 g/mol. The maximum atomic E-state index is 11.3. The van der Waals surface area contributed by atoms with Gasteiger partial charge in [0.15, 0.2) is 0 Å². The van der Waals surface area contributed by atoms with Crippen molar-refractivity contribution in [1.29, 1.82) is 0 Å². The Morgan fingerprint density at radius 1 is 1.24 bits per heavy atom. The predicted molar refractivity (Wildman–Crippen MR) is 85.2 cm³/mol. The number of piperidine rings is 1. The summed E-state index contributed by atoms with van der Waals surface area (Å²) < 4.78 is 4.77. The maximum Gasteiger partial charge on any atom is 0.305 e. The Balaban J connectivity index is 1.75. The quantitative estimate of drug-likeness (QED) is 0.733. The zero-order chi connectivity index (χ0) is 15.1. The van der Waals surface area contributed by atoms with Gasteiger partial charge in [-0.2, -0.15) is 0 Å². The van der Waals surface area contributed by atoms with Crippen molar-refractivity contribution in [2.45, 2.75) is 57.9 Å². The molecule has 1 saturated heterocycles. The van der Waals surface area contributed by atoms with E-state index < -0.39 is 0 Å². The molecule has 2 unspecified atom stereocenters. The average Bonchev–Trinajstić information content (AvgIpc) is 3.03. The van der Waals surface area contributed by atoms with E-state index in [1.165, 1.54) is 45.8 Å². The first-order valence-electron chi connectivity index (χ1n) is 8.73. The second-order valence-electron chi connectivity index (χ2n) is 6.82. The van der Waals surface area contributed by atoms with Gasteiger partial charge in [0.1, 0.15) is 0 Å². The molecule has 1 N–H and O–H groups in total. The SMILES string of the molecule is CCN1CC(CCC(=O)OC)CC(NCC2CCCC2)C1. The van der Waals surface area contributed by atoms with Crippen LogP contribution in [0.4, 0.5) is 0 Å². The molecule has 0 aromatic carbocycles. The number of likely N-dealkylation sites (N-methyl/N-ethyl adjacent to an activating group) is 1. The Kier molecular flexibility index (Phi) is 6.97. The van der Waals surface area contributed by atoms with Crippen molar-refractivity contribution in [2.24, 2.45) is 11.8 Å². The third kappa shape index (κ3) is 5.59. The molecule has 0 bridgehead atoms. The molecule has 2 rings (SSSR count). The van der Waals surface area contributed by atoms with Crippen LogP contribution in [0.15, 0.2) is 0 Å². The summed E-state index contributed by atoms with van der Waals surface area (Å²) in [6.45, 7) is 6.83. The Morgan fingerprint density at radius 2 is 2.00 bits per heavy atom. The van der Waals surface area contributed by atoms with Crippen LogP contribution in [-0.4, -0.2) is 50.2 Å². The summed E-state index contributed by atoms with van der Waals surface area (Å²) in [7, 11) is 1.48. The highest BCUT2D eigenvalue weighted by atomic mass is 16.5. The van der Waals surface area contributed by atoms with E-state index in [0.717, 1.165) is 32.0 Å². The molecule has 21 heavy (non-hydrogen) atoms. The minimum Gasteiger partial charge on any atom is -0.469 e. The minimum atomic E-state index is -0.0703. The van der Waals surface area contributed by atoms with Crippen LogP contribution in [0.5, 0.6) is 0 Å². The van der Waals surface area contributed by atoms with Gasteiger partial charge in [-0.3, -0.25) is 4.79 Å².